The van der Waals surface area contributed by atoms with Gasteiger partial charge >= 0.3 is 5.97 Å². The lowest BCUT2D eigenvalue weighted by atomic mass is 10.0. The van der Waals surface area contributed by atoms with E-state index in [1.54, 1.807) is 6.07 Å². The minimum absolute atomic E-state index is 0.0722. The van der Waals surface area contributed by atoms with Crippen LogP contribution in [0.2, 0.25) is 0 Å². The molecule has 0 saturated heterocycles. The Morgan fingerprint density at radius 3 is 2.27 bits per heavy atom. The molecule has 0 aromatic heterocycles. The Kier molecular flexibility index (Phi) is 6.80. The van der Waals surface area contributed by atoms with Crippen LogP contribution >= 0.6 is 0 Å². The van der Waals surface area contributed by atoms with Crippen LogP contribution in [0.3, 0.4) is 0 Å². The Morgan fingerprint density at radius 1 is 0.900 bits per heavy atom. The highest BCUT2D eigenvalue weighted by atomic mass is 16.5. The normalized spacial score (nSPS) is 12.6. The van der Waals surface area contributed by atoms with Crippen molar-refractivity contribution in [2.75, 3.05) is 5.32 Å². The summed E-state index contributed by atoms with van der Waals surface area (Å²) >= 11 is 0. The summed E-state index contributed by atoms with van der Waals surface area (Å²) in [4.78, 5) is 36.4. The zero-order valence-electron chi connectivity index (χ0n) is 16.9. The van der Waals surface area contributed by atoms with Gasteiger partial charge in [0.25, 0.3) is 5.91 Å². The van der Waals surface area contributed by atoms with Crippen LogP contribution in [0.15, 0.2) is 72.8 Å². The van der Waals surface area contributed by atoms with Gasteiger partial charge in [-0.05, 0) is 35.4 Å². The van der Waals surface area contributed by atoms with Gasteiger partial charge in [-0.2, -0.15) is 0 Å². The molecule has 3 rings (SSSR count). The van der Waals surface area contributed by atoms with E-state index < -0.39 is 24.0 Å². The maximum atomic E-state index is 12.5. The van der Waals surface area contributed by atoms with Crippen LogP contribution in [0.25, 0.3) is 10.8 Å². The summed E-state index contributed by atoms with van der Waals surface area (Å²) in [5.41, 5.74) is 1.42. The first kappa shape index (κ1) is 21.0. The van der Waals surface area contributed by atoms with E-state index in [9.17, 15) is 14.4 Å². The molecule has 0 fully saturated rings. The largest absolute Gasteiger partial charge is 0.452 e. The lowest BCUT2D eigenvalue weighted by molar-refractivity contribution is -0.153. The van der Waals surface area contributed by atoms with Crippen LogP contribution in [-0.2, 0) is 19.1 Å². The van der Waals surface area contributed by atoms with Crippen LogP contribution in [0.5, 0.6) is 0 Å². The van der Waals surface area contributed by atoms with Gasteiger partial charge in [0.1, 0.15) is 0 Å². The number of amides is 2. The molecule has 2 atom stereocenters. The average Bonchev–Trinajstić information content (AvgIpc) is 2.73. The Morgan fingerprint density at radius 2 is 1.57 bits per heavy atom. The zero-order valence-corrected chi connectivity index (χ0v) is 16.9. The molecule has 0 heterocycles. The number of benzene rings is 3. The minimum atomic E-state index is -0.974. The Labute approximate surface area is 175 Å². The van der Waals surface area contributed by atoms with Crippen molar-refractivity contribution >= 4 is 34.2 Å². The van der Waals surface area contributed by atoms with Gasteiger partial charge in [-0.25, -0.2) is 0 Å². The molecule has 0 radical (unpaired) electrons. The van der Waals surface area contributed by atoms with Crippen molar-refractivity contribution in [3.05, 3.63) is 78.4 Å². The van der Waals surface area contributed by atoms with Crippen molar-refractivity contribution < 1.29 is 19.1 Å². The van der Waals surface area contributed by atoms with E-state index in [0.29, 0.717) is 5.69 Å². The van der Waals surface area contributed by atoms with E-state index in [-0.39, 0.29) is 12.3 Å². The second-order valence-corrected chi connectivity index (χ2v) is 7.05. The lowest BCUT2D eigenvalue weighted by Gasteiger charge is -2.19. The van der Waals surface area contributed by atoms with Crippen LogP contribution in [-0.4, -0.2) is 23.9 Å². The molecular weight excluding hydrogens is 380 g/mol. The van der Waals surface area contributed by atoms with Crippen molar-refractivity contribution in [2.24, 2.45) is 0 Å². The van der Waals surface area contributed by atoms with Crippen molar-refractivity contribution in [3.63, 3.8) is 0 Å². The van der Waals surface area contributed by atoms with Crippen LogP contribution in [0.4, 0.5) is 5.69 Å². The first-order chi connectivity index (χ1) is 14.4. The molecule has 0 aliphatic heterocycles. The number of ether oxygens (including phenoxy) is 1. The molecule has 3 aromatic carbocycles. The number of hydrogen-bond donors (Lipinski definition) is 2. The van der Waals surface area contributed by atoms with Gasteiger partial charge in [0.05, 0.1) is 12.5 Å². The molecule has 3 aromatic rings. The molecule has 6 nitrogen and oxygen atoms in total. The van der Waals surface area contributed by atoms with Gasteiger partial charge in [-0.15, -0.1) is 0 Å². The number of carbonyl (C=O) groups excluding carboxylic acids is 3. The number of rotatable bonds is 7. The van der Waals surface area contributed by atoms with Crippen molar-refractivity contribution in [1.29, 1.82) is 0 Å². The van der Waals surface area contributed by atoms with E-state index >= 15 is 0 Å². The number of esters is 1. The summed E-state index contributed by atoms with van der Waals surface area (Å²) in [7, 11) is 0. The SMILES string of the molecule is CC(=O)N[C@H](CC(=O)O[C@@H](C)C(=O)Nc1ccc2ccccc2c1)c1ccccc1. The highest BCUT2D eigenvalue weighted by molar-refractivity contribution is 5.97. The molecule has 6 heteroatoms. The Hall–Kier alpha value is -3.67. The molecule has 2 N–H and O–H groups in total. The van der Waals surface area contributed by atoms with Gasteiger partial charge in [0.2, 0.25) is 5.91 Å². The van der Waals surface area contributed by atoms with E-state index in [1.165, 1.54) is 13.8 Å². The monoisotopic (exact) mass is 404 g/mol. The summed E-state index contributed by atoms with van der Waals surface area (Å²) in [6, 6.07) is 22.0. The summed E-state index contributed by atoms with van der Waals surface area (Å²) in [5, 5.41) is 7.59. The maximum Gasteiger partial charge on any atom is 0.309 e. The van der Waals surface area contributed by atoms with Crippen molar-refractivity contribution in [3.8, 4) is 0 Å². The highest BCUT2D eigenvalue weighted by Gasteiger charge is 2.22. The standard InChI is InChI=1S/C24H24N2O4/c1-16(24(29)26-21-13-12-18-8-6-7-11-20(18)14-21)30-23(28)15-22(25-17(2)27)19-9-4-3-5-10-19/h3-14,16,22H,15H2,1-2H3,(H,25,27)(H,26,29)/t16-,22+/m0/s1. The third-order valence-electron chi connectivity index (χ3n) is 4.64. The molecule has 0 bridgehead atoms. The van der Waals surface area contributed by atoms with Gasteiger partial charge < -0.3 is 15.4 Å². The fourth-order valence-corrected chi connectivity index (χ4v) is 3.16. The summed E-state index contributed by atoms with van der Waals surface area (Å²) in [6.07, 6.45) is -1.05. The van der Waals surface area contributed by atoms with E-state index in [1.807, 2.05) is 66.7 Å². The Balaban J connectivity index is 1.60. The Bertz CT molecular complexity index is 1050. The fourth-order valence-electron chi connectivity index (χ4n) is 3.16. The second kappa shape index (κ2) is 9.69. The summed E-state index contributed by atoms with van der Waals surface area (Å²) in [6.45, 7) is 2.91. The first-order valence-corrected chi connectivity index (χ1v) is 9.73. The topological polar surface area (TPSA) is 84.5 Å². The molecule has 2 amide bonds. The number of nitrogens with one attached hydrogen (secondary N) is 2. The summed E-state index contributed by atoms with van der Waals surface area (Å²) < 4.78 is 5.30. The molecule has 0 spiro atoms. The van der Waals surface area contributed by atoms with Crippen LogP contribution in [0.1, 0.15) is 31.9 Å². The van der Waals surface area contributed by atoms with Gasteiger partial charge in [-0.3, -0.25) is 14.4 Å². The molecule has 0 aliphatic rings. The molecule has 154 valence electrons. The van der Waals surface area contributed by atoms with Crippen LogP contribution < -0.4 is 10.6 Å². The van der Waals surface area contributed by atoms with E-state index in [2.05, 4.69) is 10.6 Å². The fraction of sp³-hybridized carbons (Fsp3) is 0.208. The molecule has 0 unspecified atom stereocenters. The number of hydrogen-bond acceptors (Lipinski definition) is 4. The predicted octanol–water partition coefficient (Wildman–Crippen LogP) is 3.98. The number of fused-ring (bicyclic) bond motifs is 1. The molecule has 0 saturated carbocycles. The number of anilines is 1. The van der Waals surface area contributed by atoms with E-state index in [0.717, 1.165) is 16.3 Å². The minimum Gasteiger partial charge on any atom is -0.452 e. The van der Waals surface area contributed by atoms with Gasteiger partial charge in [-0.1, -0.05) is 60.7 Å². The third kappa shape index (κ3) is 5.67. The lowest BCUT2D eigenvalue weighted by Crippen LogP contribution is -2.33. The smallest absolute Gasteiger partial charge is 0.309 e. The van der Waals surface area contributed by atoms with Gasteiger partial charge in [0.15, 0.2) is 6.10 Å². The first-order valence-electron chi connectivity index (χ1n) is 9.73. The zero-order chi connectivity index (χ0) is 21.5. The quantitative estimate of drug-likeness (QED) is 0.584. The second-order valence-electron chi connectivity index (χ2n) is 7.05. The summed E-state index contributed by atoms with van der Waals surface area (Å²) in [5.74, 6) is -1.24. The number of carbonyl (C=O) groups is 3. The maximum absolute atomic E-state index is 12.5. The van der Waals surface area contributed by atoms with Crippen LogP contribution in [0, 0.1) is 0 Å². The predicted molar refractivity (Wildman–Crippen MR) is 116 cm³/mol. The van der Waals surface area contributed by atoms with Crippen molar-refractivity contribution in [2.45, 2.75) is 32.4 Å². The van der Waals surface area contributed by atoms with Crippen molar-refractivity contribution in [1.82, 2.24) is 5.32 Å². The van der Waals surface area contributed by atoms with E-state index in [4.69, 9.17) is 4.74 Å². The highest BCUT2D eigenvalue weighted by Crippen LogP contribution is 2.20. The molecule has 30 heavy (non-hydrogen) atoms. The molecule has 0 aliphatic carbocycles. The van der Waals surface area contributed by atoms with Gasteiger partial charge in [0, 0.05) is 12.6 Å². The third-order valence-corrected chi connectivity index (χ3v) is 4.64. The average molecular weight is 404 g/mol. The molecular formula is C24H24N2O4.